The first-order chi connectivity index (χ1) is 17.1. The maximum atomic E-state index is 2.43. The van der Waals surface area contributed by atoms with E-state index in [1.807, 2.05) is 11.8 Å². The lowest BCUT2D eigenvalue weighted by Gasteiger charge is -2.28. The molecule has 36 heavy (non-hydrogen) atoms. The van der Waals surface area contributed by atoms with E-state index in [-0.39, 0.29) is 5.41 Å². The lowest BCUT2D eigenvalue weighted by molar-refractivity contribution is -0.659. The minimum Gasteiger partial charge on any atom is -0.200 e. The molecule has 182 valence electrons. The summed E-state index contributed by atoms with van der Waals surface area (Å²) in [5, 5.41) is 8.29. The van der Waals surface area contributed by atoms with Crippen LogP contribution in [0.5, 0.6) is 0 Å². The number of fused-ring (bicyclic) bond motifs is 5. The van der Waals surface area contributed by atoms with Gasteiger partial charge in [-0.05, 0) is 80.8 Å². The van der Waals surface area contributed by atoms with Crippen molar-refractivity contribution in [3.05, 3.63) is 77.5 Å². The van der Waals surface area contributed by atoms with E-state index in [1.165, 1.54) is 70.1 Å². The fourth-order valence-electron chi connectivity index (χ4n) is 6.13. The third kappa shape index (κ3) is 3.73. The van der Waals surface area contributed by atoms with Crippen molar-refractivity contribution in [2.24, 2.45) is 18.4 Å². The Morgan fingerprint density at radius 1 is 0.861 bits per heavy atom. The van der Waals surface area contributed by atoms with Gasteiger partial charge in [0, 0.05) is 15.9 Å². The van der Waals surface area contributed by atoms with E-state index >= 15 is 0 Å². The zero-order chi connectivity index (χ0) is 25.4. The summed E-state index contributed by atoms with van der Waals surface area (Å²) in [6.45, 7) is 14.0. The van der Waals surface area contributed by atoms with Crippen LogP contribution in [0.15, 0.2) is 70.6 Å². The molecule has 6 rings (SSSR count). The Labute approximate surface area is 219 Å². The fourth-order valence-corrected chi connectivity index (χ4v) is 7.60. The molecule has 4 aromatic carbocycles. The monoisotopic (exact) mass is 490 g/mol. The third-order valence-electron chi connectivity index (χ3n) is 7.58. The maximum absolute atomic E-state index is 2.43. The van der Waals surface area contributed by atoms with Crippen LogP contribution in [-0.2, 0) is 19.9 Å². The van der Waals surface area contributed by atoms with Crippen molar-refractivity contribution < 1.29 is 4.57 Å². The second-order valence-electron chi connectivity index (χ2n) is 12.3. The zero-order valence-electron chi connectivity index (χ0n) is 22.6. The topological polar surface area (TPSA) is 3.88 Å². The van der Waals surface area contributed by atoms with Crippen LogP contribution in [0.1, 0.15) is 51.3 Å². The molecule has 0 bridgehead atoms. The molecule has 1 aromatic heterocycles. The lowest BCUT2D eigenvalue weighted by atomic mass is 9.83. The Kier molecular flexibility index (Phi) is 5.46. The summed E-state index contributed by atoms with van der Waals surface area (Å²) >= 11 is 2.02. The van der Waals surface area contributed by atoms with Gasteiger partial charge in [0.1, 0.15) is 7.05 Å². The second kappa shape index (κ2) is 8.35. The molecule has 0 spiro atoms. The summed E-state index contributed by atoms with van der Waals surface area (Å²) in [6, 6.07) is 20.9. The van der Waals surface area contributed by atoms with Crippen LogP contribution in [-0.4, -0.2) is 0 Å². The third-order valence-corrected chi connectivity index (χ3v) is 8.86. The van der Waals surface area contributed by atoms with Gasteiger partial charge in [-0.15, -0.1) is 0 Å². The van der Waals surface area contributed by atoms with Crippen molar-refractivity contribution in [2.75, 3.05) is 0 Å². The van der Waals surface area contributed by atoms with Crippen LogP contribution >= 0.6 is 11.8 Å². The molecule has 0 fully saturated rings. The van der Waals surface area contributed by atoms with Crippen molar-refractivity contribution >= 4 is 44.1 Å². The number of benzene rings is 4. The van der Waals surface area contributed by atoms with Gasteiger partial charge in [0.15, 0.2) is 6.20 Å². The maximum Gasteiger partial charge on any atom is 0.222 e. The SMILES string of the molecule is Cc1c2c(c(CC(C)(C)C)c3ccccc13)Sc1c3ccc(CC(C)C)cc3cc3cc[n+](C)c-2c13. The normalized spacial score (nSPS) is 13.2. The summed E-state index contributed by atoms with van der Waals surface area (Å²) in [5.41, 5.74) is 7.32. The quantitative estimate of drug-likeness (QED) is 0.177. The first-order valence-electron chi connectivity index (χ1n) is 13.2. The van der Waals surface area contributed by atoms with E-state index in [4.69, 9.17) is 0 Å². The molecular weight excluding hydrogens is 454 g/mol. The van der Waals surface area contributed by atoms with Gasteiger partial charge in [-0.25, -0.2) is 4.57 Å². The summed E-state index contributed by atoms with van der Waals surface area (Å²) in [6.07, 6.45) is 4.43. The number of aromatic nitrogens is 1. The predicted octanol–water partition coefficient (Wildman–Crippen LogP) is 9.20. The molecule has 0 amide bonds. The number of hydrogen-bond donors (Lipinski definition) is 0. The molecule has 5 aromatic rings. The molecule has 0 radical (unpaired) electrons. The molecule has 0 unspecified atom stereocenters. The standard InChI is InChI=1S/C34H36NS/c1-20(2)16-22-12-13-26-24(17-22)18-23-14-15-35(7)31-29-21(3)25-10-8-9-11-27(25)28(19-34(4,5)6)33(29)36-32(26)30(23)31/h8-15,17-18,20H,16,19H2,1-7H3/q+1. The van der Waals surface area contributed by atoms with Crippen LogP contribution in [0.3, 0.4) is 0 Å². The Morgan fingerprint density at radius 2 is 1.61 bits per heavy atom. The fraction of sp³-hybridized carbons (Fsp3) is 0.324. The highest BCUT2D eigenvalue weighted by Gasteiger charge is 2.33. The molecule has 0 aliphatic carbocycles. The van der Waals surface area contributed by atoms with Gasteiger partial charge < -0.3 is 0 Å². The van der Waals surface area contributed by atoms with Gasteiger partial charge in [-0.1, -0.05) is 88.8 Å². The minimum absolute atomic E-state index is 0.200. The molecular formula is C34H36NS+. The first kappa shape index (κ1) is 23.6. The summed E-state index contributed by atoms with van der Waals surface area (Å²) in [4.78, 5) is 2.87. The van der Waals surface area contributed by atoms with Crippen molar-refractivity contribution in [1.29, 1.82) is 0 Å². The van der Waals surface area contributed by atoms with E-state index in [9.17, 15) is 0 Å². The summed E-state index contributed by atoms with van der Waals surface area (Å²) in [5.74, 6) is 0.657. The molecule has 2 heterocycles. The molecule has 0 saturated heterocycles. The molecule has 1 nitrogen and oxygen atoms in total. The van der Waals surface area contributed by atoms with E-state index in [1.54, 1.807) is 0 Å². The number of nitrogens with zero attached hydrogens (tertiary/aromatic N) is 1. The molecule has 1 aliphatic rings. The first-order valence-corrected chi connectivity index (χ1v) is 14.0. The zero-order valence-corrected chi connectivity index (χ0v) is 23.4. The van der Waals surface area contributed by atoms with Gasteiger partial charge in [0.25, 0.3) is 0 Å². The highest BCUT2D eigenvalue weighted by Crippen LogP contribution is 2.54. The summed E-state index contributed by atoms with van der Waals surface area (Å²) < 4.78 is 2.35. The largest absolute Gasteiger partial charge is 0.222 e. The van der Waals surface area contributed by atoms with Crippen LogP contribution in [0, 0.1) is 18.3 Å². The lowest BCUT2D eigenvalue weighted by Crippen LogP contribution is -2.32. The van der Waals surface area contributed by atoms with E-state index in [0.29, 0.717) is 5.92 Å². The van der Waals surface area contributed by atoms with E-state index in [2.05, 4.69) is 114 Å². The van der Waals surface area contributed by atoms with Crippen LogP contribution in [0.4, 0.5) is 0 Å². The molecule has 2 heteroatoms. The number of rotatable bonds is 3. The molecule has 0 saturated carbocycles. The van der Waals surface area contributed by atoms with Crippen molar-refractivity contribution in [2.45, 2.75) is 64.2 Å². The Hall–Kier alpha value is -2.84. The van der Waals surface area contributed by atoms with E-state index < -0.39 is 0 Å². The van der Waals surface area contributed by atoms with Crippen LogP contribution in [0.2, 0.25) is 0 Å². The van der Waals surface area contributed by atoms with Gasteiger partial charge in [-0.3, -0.25) is 0 Å². The Balaban J connectivity index is 1.74. The second-order valence-corrected chi connectivity index (χ2v) is 13.3. The highest BCUT2D eigenvalue weighted by atomic mass is 32.2. The summed E-state index contributed by atoms with van der Waals surface area (Å²) in [7, 11) is 2.21. The van der Waals surface area contributed by atoms with E-state index in [0.717, 1.165) is 12.8 Å². The highest BCUT2D eigenvalue weighted by molar-refractivity contribution is 8.00. The minimum atomic E-state index is 0.200. The average Bonchev–Trinajstić information content (AvgIpc) is 2.82. The predicted molar refractivity (Wildman–Crippen MR) is 156 cm³/mol. The van der Waals surface area contributed by atoms with Crippen LogP contribution < -0.4 is 4.57 Å². The molecule has 0 N–H and O–H groups in total. The van der Waals surface area contributed by atoms with Gasteiger partial charge in [0.2, 0.25) is 5.69 Å². The number of aryl methyl sites for hydroxylation is 2. The van der Waals surface area contributed by atoms with Gasteiger partial charge >= 0.3 is 0 Å². The average molecular weight is 491 g/mol. The van der Waals surface area contributed by atoms with Crippen LogP contribution in [0.25, 0.3) is 43.6 Å². The molecule has 0 atom stereocenters. The number of pyridine rings is 1. The Morgan fingerprint density at radius 3 is 2.33 bits per heavy atom. The number of hydrogen-bond acceptors (Lipinski definition) is 1. The van der Waals surface area contributed by atoms with Gasteiger partial charge in [0.05, 0.1) is 10.9 Å². The van der Waals surface area contributed by atoms with Gasteiger partial charge in [-0.2, -0.15) is 0 Å². The van der Waals surface area contributed by atoms with Crippen molar-refractivity contribution in [3.8, 4) is 11.3 Å². The smallest absolute Gasteiger partial charge is 0.200 e. The van der Waals surface area contributed by atoms with Crippen molar-refractivity contribution in [3.63, 3.8) is 0 Å². The van der Waals surface area contributed by atoms with Crippen molar-refractivity contribution in [1.82, 2.24) is 0 Å². The molecule has 1 aliphatic heterocycles. The Bertz CT molecular complexity index is 1680.